The zero-order chi connectivity index (χ0) is 11.3. The van der Waals surface area contributed by atoms with E-state index < -0.39 is 5.54 Å². The number of carbonyl (C=O) groups is 2. The molecule has 0 N–H and O–H groups in total. The highest BCUT2D eigenvalue weighted by Gasteiger charge is 2.53. The van der Waals surface area contributed by atoms with Crippen LogP contribution in [0.1, 0.15) is 27.6 Å². The molecule has 0 saturated carbocycles. The van der Waals surface area contributed by atoms with E-state index in [0.29, 0.717) is 16.8 Å². The normalized spacial score (nSPS) is 20.4. The molecule has 2 aliphatic rings. The molecule has 1 aliphatic heterocycles. The third kappa shape index (κ3) is 0.888. The Kier molecular flexibility index (Phi) is 1.56. The summed E-state index contributed by atoms with van der Waals surface area (Å²) in [5.74, 6) is -0.539. The van der Waals surface area contributed by atoms with Gasteiger partial charge in [0.1, 0.15) is 0 Å². The molecule has 3 rings (SSSR count). The number of ketones is 2. The van der Waals surface area contributed by atoms with Crippen LogP contribution in [-0.2, 0) is 0 Å². The summed E-state index contributed by atoms with van der Waals surface area (Å²) in [4.78, 5) is 24.3. The molecule has 16 heavy (non-hydrogen) atoms. The van der Waals surface area contributed by atoms with Crippen LogP contribution in [0.4, 0.5) is 0 Å². The maximum atomic E-state index is 12.2. The van der Waals surface area contributed by atoms with Crippen molar-refractivity contribution in [1.82, 2.24) is 0 Å². The lowest BCUT2D eigenvalue weighted by Gasteiger charge is -2.09. The third-order valence-corrected chi connectivity index (χ3v) is 2.89. The highest BCUT2D eigenvalue weighted by atomic mass is 16.2. The molecule has 4 nitrogen and oxygen atoms in total. The summed E-state index contributed by atoms with van der Waals surface area (Å²) in [6.07, 6.45) is 1.54. The molecule has 78 valence electrons. The van der Waals surface area contributed by atoms with Gasteiger partial charge in [-0.1, -0.05) is 24.3 Å². The van der Waals surface area contributed by atoms with Gasteiger partial charge in [0.15, 0.2) is 0 Å². The Morgan fingerprint density at radius 3 is 2.06 bits per heavy atom. The Bertz CT molecular complexity index is 549. The Morgan fingerprint density at radius 2 is 1.62 bits per heavy atom. The molecule has 0 aromatic heterocycles. The van der Waals surface area contributed by atoms with Crippen molar-refractivity contribution in [2.45, 2.75) is 12.5 Å². The summed E-state index contributed by atoms with van der Waals surface area (Å²) in [5.41, 5.74) is 0.0950. The lowest BCUT2D eigenvalue weighted by atomic mass is 9.94. The van der Waals surface area contributed by atoms with Gasteiger partial charge in [-0.25, -0.2) is 0 Å². The van der Waals surface area contributed by atoms with E-state index in [0.717, 1.165) is 0 Å². The number of fused-ring (bicyclic) bond motifs is 1. The quantitative estimate of drug-likeness (QED) is 0.619. The summed E-state index contributed by atoms with van der Waals surface area (Å²) in [5, 5.41) is 7.66. The van der Waals surface area contributed by atoms with E-state index >= 15 is 0 Å². The molecular formula is C12H8N2O2. The molecule has 1 aromatic carbocycles. The minimum atomic E-state index is -1.40. The first-order chi connectivity index (χ1) is 7.65. The van der Waals surface area contributed by atoms with Gasteiger partial charge in [0, 0.05) is 11.1 Å². The van der Waals surface area contributed by atoms with Gasteiger partial charge in [0.2, 0.25) is 17.1 Å². The number of rotatable bonds is 0. The van der Waals surface area contributed by atoms with Gasteiger partial charge in [-0.2, -0.15) is 10.2 Å². The van der Waals surface area contributed by atoms with Crippen LogP contribution in [0.2, 0.25) is 0 Å². The highest BCUT2D eigenvalue weighted by molar-refractivity contribution is 6.34. The third-order valence-electron chi connectivity index (χ3n) is 2.89. The predicted octanol–water partition coefficient (Wildman–Crippen LogP) is 2.17. The number of azo groups is 1. The number of Topliss-reactive ketones (excluding diaryl/α,β-unsaturated/α-hetero) is 2. The SMILES string of the molecule is CC1=CC2(N=N1)C(=O)c1ccccc1C2=O. The van der Waals surface area contributed by atoms with Crippen LogP contribution in [0.3, 0.4) is 0 Å². The van der Waals surface area contributed by atoms with Crippen LogP contribution in [0.15, 0.2) is 46.3 Å². The lowest BCUT2D eigenvalue weighted by Crippen LogP contribution is -2.35. The Balaban J connectivity index is 2.27. The van der Waals surface area contributed by atoms with Gasteiger partial charge >= 0.3 is 0 Å². The van der Waals surface area contributed by atoms with Gasteiger partial charge in [-0.15, -0.1) is 0 Å². The largest absolute Gasteiger partial charge is 0.290 e. The topological polar surface area (TPSA) is 58.9 Å². The van der Waals surface area contributed by atoms with Crippen LogP contribution < -0.4 is 0 Å². The van der Waals surface area contributed by atoms with Crippen LogP contribution in [-0.4, -0.2) is 17.1 Å². The minimum absolute atomic E-state index is 0.270. The van der Waals surface area contributed by atoms with Crippen LogP contribution in [0.5, 0.6) is 0 Å². The maximum Gasteiger partial charge on any atom is 0.227 e. The van der Waals surface area contributed by atoms with E-state index in [1.807, 2.05) is 0 Å². The molecule has 0 saturated heterocycles. The summed E-state index contributed by atoms with van der Waals surface area (Å²) in [7, 11) is 0. The number of benzene rings is 1. The molecule has 1 aliphatic carbocycles. The van der Waals surface area contributed by atoms with E-state index in [1.165, 1.54) is 6.08 Å². The fourth-order valence-electron chi connectivity index (χ4n) is 2.13. The average molecular weight is 212 g/mol. The van der Waals surface area contributed by atoms with Gasteiger partial charge in [-0.3, -0.25) is 9.59 Å². The van der Waals surface area contributed by atoms with E-state index in [4.69, 9.17) is 0 Å². The fourth-order valence-corrected chi connectivity index (χ4v) is 2.13. The van der Waals surface area contributed by atoms with Crippen molar-refractivity contribution in [3.8, 4) is 0 Å². The van der Waals surface area contributed by atoms with Gasteiger partial charge in [0.25, 0.3) is 0 Å². The molecule has 0 bridgehead atoms. The molecule has 0 atom stereocenters. The second kappa shape index (κ2) is 2.72. The first-order valence-electron chi connectivity index (χ1n) is 4.96. The number of hydrogen-bond acceptors (Lipinski definition) is 4. The van der Waals surface area contributed by atoms with Crippen molar-refractivity contribution in [3.63, 3.8) is 0 Å². The van der Waals surface area contributed by atoms with Gasteiger partial charge < -0.3 is 0 Å². The van der Waals surface area contributed by atoms with Crippen molar-refractivity contribution >= 4 is 11.6 Å². The second-order valence-corrected chi connectivity index (χ2v) is 3.96. The fraction of sp³-hybridized carbons (Fsp3) is 0.167. The Hall–Kier alpha value is -2.10. The molecule has 0 amide bonds. The number of hydrogen-bond donors (Lipinski definition) is 0. The predicted molar refractivity (Wildman–Crippen MR) is 56.4 cm³/mol. The minimum Gasteiger partial charge on any atom is -0.290 e. The van der Waals surface area contributed by atoms with E-state index in [2.05, 4.69) is 10.2 Å². The molecule has 4 heteroatoms. The van der Waals surface area contributed by atoms with Crippen molar-refractivity contribution in [2.75, 3.05) is 0 Å². The van der Waals surface area contributed by atoms with E-state index in [-0.39, 0.29) is 11.6 Å². The standard InChI is InChI=1S/C12H8N2O2/c1-7-6-12(14-13-7)10(15)8-4-2-3-5-9(8)11(12)16/h2-6H,1H3. The van der Waals surface area contributed by atoms with E-state index in [1.54, 1.807) is 31.2 Å². The summed E-state index contributed by atoms with van der Waals surface area (Å²) < 4.78 is 0. The Morgan fingerprint density at radius 1 is 1.06 bits per heavy atom. The highest BCUT2D eigenvalue weighted by Crippen LogP contribution is 2.38. The van der Waals surface area contributed by atoms with Crippen molar-refractivity contribution in [3.05, 3.63) is 47.2 Å². The first-order valence-corrected chi connectivity index (χ1v) is 4.96. The van der Waals surface area contributed by atoms with E-state index in [9.17, 15) is 9.59 Å². The summed E-state index contributed by atoms with van der Waals surface area (Å²) >= 11 is 0. The van der Waals surface area contributed by atoms with Crippen molar-refractivity contribution in [2.24, 2.45) is 10.2 Å². The van der Waals surface area contributed by atoms with Gasteiger partial charge in [-0.05, 0) is 13.0 Å². The van der Waals surface area contributed by atoms with Gasteiger partial charge in [0.05, 0.1) is 5.70 Å². The molecule has 0 unspecified atom stereocenters. The molecule has 1 spiro atoms. The molecule has 0 fully saturated rings. The monoisotopic (exact) mass is 212 g/mol. The molecular weight excluding hydrogens is 204 g/mol. The first kappa shape index (κ1) is 9.15. The molecule has 0 radical (unpaired) electrons. The average Bonchev–Trinajstić information content (AvgIpc) is 2.78. The molecule has 1 aromatic rings. The van der Waals surface area contributed by atoms with Crippen molar-refractivity contribution < 1.29 is 9.59 Å². The number of carbonyl (C=O) groups excluding carboxylic acids is 2. The van der Waals surface area contributed by atoms with Crippen molar-refractivity contribution in [1.29, 1.82) is 0 Å². The Labute approximate surface area is 91.7 Å². The zero-order valence-electron chi connectivity index (χ0n) is 8.60. The second-order valence-electron chi connectivity index (χ2n) is 3.96. The number of allylic oxidation sites excluding steroid dienone is 1. The summed E-state index contributed by atoms with van der Waals surface area (Å²) in [6.45, 7) is 1.72. The van der Waals surface area contributed by atoms with Crippen LogP contribution in [0.25, 0.3) is 0 Å². The lowest BCUT2D eigenvalue weighted by molar-refractivity contribution is 0.0841. The smallest absolute Gasteiger partial charge is 0.227 e. The van der Waals surface area contributed by atoms with Crippen LogP contribution in [0, 0.1) is 0 Å². The molecule has 1 heterocycles. The number of nitrogens with zero attached hydrogens (tertiary/aromatic N) is 2. The maximum absolute atomic E-state index is 12.2. The van der Waals surface area contributed by atoms with Crippen LogP contribution >= 0.6 is 0 Å². The summed E-state index contributed by atoms with van der Waals surface area (Å²) in [6, 6.07) is 6.79. The zero-order valence-corrected chi connectivity index (χ0v) is 8.60.